The molecule has 1 heterocycles. The molecule has 1 aromatic rings. The summed E-state index contributed by atoms with van der Waals surface area (Å²) in [7, 11) is -1.11. The van der Waals surface area contributed by atoms with Crippen LogP contribution in [0.4, 0.5) is 0 Å². The minimum atomic E-state index is -3.92. The van der Waals surface area contributed by atoms with Crippen LogP contribution in [0.25, 0.3) is 0 Å². The Morgan fingerprint density at radius 3 is 2.75 bits per heavy atom. The number of carbonyl (C=O) groups is 1. The molecule has 2 N–H and O–H groups in total. The van der Waals surface area contributed by atoms with E-state index in [2.05, 4.69) is 10.0 Å². The van der Waals surface area contributed by atoms with Gasteiger partial charge in [0, 0.05) is 19.2 Å². The summed E-state index contributed by atoms with van der Waals surface area (Å²) in [5.41, 5.74) is 0. The van der Waals surface area contributed by atoms with E-state index in [9.17, 15) is 13.2 Å². The molecule has 134 valence electrons. The maximum Gasteiger partial charge on any atom is 0.244 e. The van der Waals surface area contributed by atoms with Gasteiger partial charge in [-0.05, 0) is 25.0 Å². The zero-order chi connectivity index (χ0) is 17.6. The molecule has 24 heavy (non-hydrogen) atoms. The predicted molar refractivity (Wildman–Crippen MR) is 86.7 cm³/mol. The Hall–Kier alpha value is -1.84. The van der Waals surface area contributed by atoms with Gasteiger partial charge in [0.05, 0.1) is 26.9 Å². The average molecular weight is 358 g/mol. The standard InChI is InChI=1S/C15H22N2O6S/c1-21-11-5-6-13(22-2)14(8-11)24(19,20)17-10-15(18)16-9-12-4-3-7-23-12/h5-6,8,12,17H,3-4,7,9-10H2,1-2H3,(H,16,18). The van der Waals surface area contributed by atoms with Crippen LogP contribution in [0.1, 0.15) is 12.8 Å². The van der Waals surface area contributed by atoms with Crippen LogP contribution in [-0.4, -0.2) is 54.3 Å². The van der Waals surface area contributed by atoms with E-state index in [0.717, 1.165) is 12.8 Å². The van der Waals surface area contributed by atoms with E-state index in [-0.39, 0.29) is 23.3 Å². The molecule has 8 nitrogen and oxygen atoms in total. The van der Waals surface area contributed by atoms with Crippen molar-refractivity contribution in [1.82, 2.24) is 10.0 Å². The quantitative estimate of drug-likeness (QED) is 0.692. The van der Waals surface area contributed by atoms with Crippen molar-refractivity contribution in [3.05, 3.63) is 18.2 Å². The Bertz CT molecular complexity index is 671. The molecule has 0 bridgehead atoms. The van der Waals surface area contributed by atoms with Gasteiger partial charge >= 0.3 is 0 Å². The first-order valence-corrected chi connectivity index (χ1v) is 9.04. The van der Waals surface area contributed by atoms with Crippen LogP contribution in [0.15, 0.2) is 23.1 Å². The molecular formula is C15H22N2O6S. The fourth-order valence-electron chi connectivity index (χ4n) is 2.33. The number of rotatable bonds is 8. The molecule has 1 aliphatic heterocycles. The monoisotopic (exact) mass is 358 g/mol. The van der Waals surface area contributed by atoms with E-state index in [0.29, 0.717) is 18.9 Å². The summed E-state index contributed by atoms with van der Waals surface area (Å²) in [4.78, 5) is 11.7. The second-order valence-electron chi connectivity index (χ2n) is 5.28. The van der Waals surface area contributed by atoms with Crippen molar-refractivity contribution in [3.8, 4) is 11.5 Å². The van der Waals surface area contributed by atoms with Crippen LogP contribution < -0.4 is 19.5 Å². The van der Waals surface area contributed by atoms with Crippen LogP contribution in [0.5, 0.6) is 11.5 Å². The van der Waals surface area contributed by atoms with Crippen molar-refractivity contribution >= 4 is 15.9 Å². The number of ether oxygens (including phenoxy) is 3. The Balaban J connectivity index is 1.96. The first-order chi connectivity index (χ1) is 11.5. The SMILES string of the molecule is COc1ccc(OC)c(S(=O)(=O)NCC(=O)NCC2CCCO2)c1. The largest absolute Gasteiger partial charge is 0.497 e. The fourth-order valence-corrected chi connectivity index (χ4v) is 3.49. The van der Waals surface area contributed by atoms with E-state index >= 15 is 0 Å². The summed E-state index contributed by atoms with van der Waals surface area (Å²) in [5, 5.41) is 2.65. The van der Waals surface area contributed by atoms with E-state index < -0.39 is 15.9 Å². The fraction of sp³-hybridized carbons (Fsp3) is 0.533. The van der Waals surface area contributed by atoms with E-state index in [1.54, 1.807) is 6.07 Å². The van der Waals surface area contributed by atoms with Gasteiger partial charge in [-0.2, -0.15) is 0 Å². The molecular weight excluding hydrogens is 336 g/mol. The van der Waals surface area contributed by atoms with Crippen LogP contribution in [0.3, 0.4) is 0 Å². The molecule has 1 atom stereocenters. The number of hydrogen-bond donors (Lipinski definition) is 2. The Morgan fingerprint density at radius 1 is 1.33 bits per heavy atom. The van der Waals surface area contributed by atoms with E-state index in [1.807, 2.05) is 0 Å². The first-order valence-electron chi connectivity index (χ1n) is 7.56. The maximum atomic E-state index is 12.4. The highest BCUT2D eigenvalue weighted by atomic mass is 32.2. The first kappa shape index (κ1) is 18.5. The van der Waals surface area contributed by atoms with Gasteiger partial charge in [-0.25, -0.2) is 13.1 Å². The number of nitrogens with one attached hydrogen (secondary N) is 2. The summed E-state index contributed by atoms with van der Waals surface area (Å²) in [5.74, 6) is 0.123. The number of benzene rings is 1. The minimum absolute atomic E-state index is 0.00374. The number of carbonyl (C=O) groups excluding carboxylic acids is 1. The molecule has 1 saturated heterocycles. The molecule has 0 spiro atoms. The van der Waals surface area contributed by atoms with Gasteiger partial charge < -0.3 is 19.5 Å². The summed E-state index contributed by atoms with van der Waals surface area (Å²) in [6.45, 7) is 0.710. The van der Waals surface area contributed by atoms with Gasteiger partial charge in [0.2, 0.25) is 15.9 Å². The third-order valence-corrected chi connectivity index (χ3v) is 5.06. The third kappa shape index (κ3) is 4.83. The lowest BCUT2D eigenvalue weighted by molar-refractivity contribution is -0.120. The summed E-state index contributed by atoms with van der Waals surface area (Å²) in [6, 6.07) is 4.42. The van der Waals surface area contributed by atoms with Crippen molar-refractivity contribution in [3.63, 3.8) is 0 Å². The molecule has 0 radical (unpaired) electrons. The van der Waals surface area contributed by atoms with Crippen molar-refractivity contribution in [1.29, 1.82) is 0 Å². The molecule has 1 unspecified atom stereocenters. The smallest absolute Gasteiger partial charge is 0.244 e. The lowest BCUT2D eigenvalue weighted by Crippen LogP contribution is -2.40. The minimum Gasteiger partial charge on any atom is -0.497 e. The van der Waals surface area contributed by atoms with Gasteiger partial charge in [-0.15, -0.1) is 0 Å². The highest BCUT2D eigenvalue weighted by Crippen LogP contribution is 2.27. The number of amides is 1. The maximum absolute atomic E-state index is 12.4. The normalized spacial score (nSPS) is 17.5. The van der Waals surface area contributed by atoms with Crippen molar-refractivity contribution < 1.29 is 27.4 Å². The van der Waals surface area contributed by atoms with E-state index in [4.69, 9.17) is 14.2 Å². The Morgan fingerprint density at radius 2 is 2.12 bits per heavy atom. The van der Waals surface area contributed by atoms with Gasteiger partial charge in [0.1, 0.15) is 16.4 Å². The Kier molecular flexibility index (Phi) is 6.41. The molecule has 0 saturated carbocycles. The summed E-state index contributed by atoms with van der Waals surface area (Å²) >= 11 is 0. The van der Waals surface area contributed by atoms with Crippen molar-refractivity contribution in [2.75, 3.05) is 33.9 Å². The van der Waals surface area contributed by atoms with Crippen LogP contribution in [0, 0.1) is 0 Å². The molecule has 1 fully saturated rings. The molecule has 0 aliphatic carbocycles. The average Bonchev–Trinajstić information content (AvgIpc) is 3.11. The molecule has 2 rings (SSSR count). The molecule has 1 aromatic carbocycles. The second-order valence-corrected chi connectivity index (χ2v) is 7.02. The molecule has 0 aromatic heterocycles. The van der Waals surface area contributed by atoms with Crippen LogP contribution in [-0.2, 0) is 19.6 Å². The third-order valence-electron chi connectivity index (χ3n) is 3.63. The van der Waals surface area contributed by atoms with Crippen molar-refractivity contribution in [2.45, 2.75) is 23.8 Å². The lowest BCUT2D eigenvalue weighted by atomic mass is 10.2. The Labute approximate surface area is 141 Å². The predicted octanol–water partition coefficient (Wildman–Crippen LogP) is 0.277. The topological polar surface area (TPSA) is 103 Å². The summed E-state index contributed by atoms with van der Waals surface area (Å²) < 4.78 is 42.5. The summed E-state index contributed by atoms with van der Waals surface area (Å²) in [6.07, 6.45) is 1.87. The second kappa shape index (κ2) is 8.32. The zero-order valence-corrected chi connectivity index (χ0v) is 14.5. The van der Waals surface area contributed by atoms with Crippen LogP contribution in [0.2, 0.25) is 0 Å². The highest BCUT2D eigenvalue weighted by Gasteiger charge is 2.22. The van der Waals surface area contributed by atoms with Gasteiger partial charge in [-0.3, -0.25) is 4.79 Å². The lowest BCUT2D eigenvalue weighted by Gasteiger charge is -2.13. The van der Waals surface area contributed by atoms with Gasteiger partial charge in [0.25, 0.3) is 0 Å². The van der Waals surface area contributed by atoms with Gasteiger partial charge in [0.15, 0.2) is 0 Å². The van der Waals surface area contributed by atoms with Gasteiger partial charge in [-0.1, -0.05) is 0 Å². The zero-order valence-electron chi connectivity index (χ0n) is 13.7. The van der Waals surface area contributed by atoms with E-state index in [1.165, 1.54) is 26.4 Å². The highest BCUT2D eigenvalue weighted by molar-refractivity contribution is 7.89. The number of sulfonamides is 1. The number of methoxy groups -OCH3 is 2. The molecule has 1 amide bonds. The number of hydrogen-bond acceptors (Lipinski definition) is 6. The molecule has 9 heteroatoms. The molecule has 1 aliphatic rings. The van der Waals surface area contributed by atoms with Crippen LogP contribution >= 0.6 is 0 Å². The van der Waals surface area contributed by atoms with Crippen molar-refractivity contribution in [2.24, 2.45) is 0 Å².